The van der Waals surface area contributed by atoms with Gasteiger partial charge in [-0.2, -0.15) is 0 Å². The molecule has 0 saturated carbocycles. The van der Waals surface area contributed by atoms with E-state index >= 15 is 0 Å². The first-order valence-electron chi connectivity index (χ1n) is 6.64. The zero-order valence-electron chi connectivity index (χ0n) is 11.6. The Morgan fingerprint density at radius 3 is 2.71 bits per heavy atom. The molecule has 0 aliphatic carbocycles. The zero-order chi connectivity index (χ0) is 15.4. The van der Waals surface area contributed by atoms with Gasteiger partial charge in [0, 0.05) is 18.7 Å². The number of likely N-dealkylation sites (N-methyl/N-ethyl adjacent to an activating group) is 1. The Kier molecular flexibility index (Phi) is 4.85. The molecule has 21 heavy (non-hydrogen) atoms. The summed E-state index contributed by atoms with van der Waals surface area (Å²) >= 11 is 0. The maximum Gasteiger partial charge on any atom is 0.245 e. The lowest BCUT2D eigenvalue weighted by molar-refractivity contribution is -0.124. The largest absolute Gasteiger partial charge is 0.377 e. The number of amides is 1. The summed E-state index contributed by atoms with van der Waals surface area (Å²) in [5, 5.41) is 2.61. The molecule has 0 spiro atoms. The average Bonchev–Trinajstić information content (AvgIpc) is 2.47. The lowest BCUT2D eigenvalue weighted by Gasteiger charge is -2.36. The SMILES string of the molecule is CCNC(=O)C1COCCN1c1c(F)cc(C=O)cc1F. The first-order valence-corrected chi connectivity index (χ1v) is 6.64. The molecule has 114 valence electrons. The first-order chi connectivity index (χ1) is 10.1. The molecule has 0 bridgehead atoms. The van der Waals surface area contributed by atoms with Crippen molar-refractivity contribution < 1.29 is 23.1 Å². The molecule has 1 heterocycles. The predicted octanol–water partition coefficient (Wildman–Crippen LogP) is 1.12. The quantitative estimate of drug-likeness (QED) is 0.846. The first kappa shape index (κ1) is 15.4. The topological polar surface area (TPSA) is 58.6 Å². The van der Waals surface area contributed by atoms with Crippen LogP contribution in [0.3, 0.4) is 0 Å². The number of carbonyl (C=O) groups is 2. The molecule has 1 saturated heterocycles. The van der Waals surface area contributed by atoms with Crippen LogP contribution >= 0.6 is 0 Å². The maximum atomic E-state index is 14.1. The van der Waals surface area contributed by atoms with E-state index in [-0.39, 0.29) is 36.9 Å². The van der Waals surface area contributed by atoms with Crippen molar-refractivity contribution in [3.05, 3.63) is 29.3 Å². The summed E-state index contributed by atoms with van der Waals surface area (Å²) in [6.07, 6.45) is 0.372. The molecule has 7 heteroatoms. The smallest absolute Gasteiger partial charge is 0.245 e. The van der Waals surface area contributed by atoms with Gasteiger partial charge in [-0.25, -0.2) is 8.78 Å². The molecule has 1 aromatic rings. The van der Waals surface area contributed by atoms with Gasteiger partial charge in [-0.3, -0.25) is 9.59 Å². The van der Waals surface area contributed by atoms with Gasteiger partial charge in [0.15, 0.2) is 0 Å². The predicted molar refractivity (Wildman–Crippen MR) is 72.4 cm³/mol. The van der Waals surface area contributed by atoms with E-state index in [0.29, 0.717) is 12.8 Å². The van der Waals surface area contributed by atoms with Crippen LogP contribution in [-0.4, -0.2) is 44.5 Å². The lowest BCUT2D eigenvalue weighted by Crippen LogP contribution is -2.54. The molecule has 0 aromatic heterocycles. The Labute approximate surface area is 120 Å². The van der Waals surface area contributed by atoms with Crippen LogP contribution in [0.25, 0.3) is 0 Å². The Balaban J connectivity index is 2.37. The Morgan fingerprint density at radius 2 is 2.14 bits per heavy atom. The number of nitrogens with zero attached hydrogens (tertiary/aromatic N) is 1. The van der Waals surface area contributed by atoms with Crippen LogP contribution in [0.4, 0.5) is 14.5 Å². The van der Waals surface area contributed by atoms with E-state index in [1.807, 2.05) is 0 Å². The maximum absolute atomic E-state index is 14.1. The van der Waals surface area contributed by atoms with Crippen molar-refractivity contribution in [3.8, 4) is 0 Å². The monoisotopic (exact) mass is 298 g/mol. The molecule has 0 radical (unpaired) electrons. The second kappa shape index (κ2) is 6.62. The number of carbonyl (C=O) groups excluding carboxylic acids is 2. The molecule has 1 fully saturated rings. The molecule has 2 rings (SSSR count). The van der Waals surface area contributed by atoms with E-state index in [2.05, 4.69) is 5.32 Å². The highest BCUT2D eigenvalue weighted by Crippen LogP contribution is 2.27. The van der Waals surface area contributed by atoms with Crippen molar-refractivity contribution in [2.45, 2.75) is 13.0 Å². The molecule has 5 nitrogen and oxygen atoms in total. The standard InChI is InChI=1S/C14H16F2N2O3/c1-2-17-14(20)12-8-21-4-3-18(12)13-10(15)5-9(7-19)6-11(13)16/h5-7,12H,2-4,8H2,1H3,(H,17,20). The molecule has 1 N–H and O–H groups in total. The summed E-state index contributed by atoms with van der Waals surface area (Å²) in [4.78, 5) is 24.0. The highest BCUT2D eigenvalue weighted by molar-refractivity contribution is 5.86. The minimum atomic E-state index is -0.867. The van der Waals surface area contributed by atoms with Gasteiger partial charge in [0.2, 0.25) is 5.91 Å². The van der Waals surface area contributed by atoms with Gasteiger partial charge in [-0.1, -0.05) is 0 Å². The van der Waals surface area contributed by atoms with Gasteiger partial charge >= 0.3 is 0 Å². The number of rotatable bonds is 4. The van der Waals surface area contributed by atoms with E-state index in [1.165, 1.54) is 4.90 Å². The number of aldehydes is 1. The lowest BCUT2D eigenvalue weighted by atomic mass is 10.1. The van der Waals surface area contributed by atoms with Crippen molar-refractivity contribution in [1.82, 2.24) is 5.32 Å². The van der Waals surface area contributed by atoms with Crippen LogP contribution in [0.5, 0.6) is 0 Å². The van der Waals surface area contributed by atoms with E-state index < -0.39 is 17.7 Å². The molecule has 1 aliphatic rings. The highest BCUT2D eigenvalue weighted by atomic mass is 19.1. The average molecular weight is 298 g/mol. The van der Waals surface area contributed by atoms with E-state index in [0.717, 1.165) is 12.1 Å². The van der Waals surface area contributed by atoms with E-state index in [1.54, 1.807) is 6.92 Å². The Morgan fingerprint density at radius 1 is 1.48 bits per heavy atom. The second-order valence-corrected chi connectivity index (χ2v) is 4.63. The van der Waals surface area contributed by atoms with Crippen molar-refractivity contribution in [3.63, 3.8) is 0 Å². The van der Waals surface area contributed by atoms with Crippen LogP contribution in [0, 0.1) is 11.6 Å². The third-order valence-corrected chi connectivity index (χ3v) is 3.24. The number of benzene rings is 1. The summed E-state index contributed by atoms with van der Waals surface area (Å²) < 4.78 is 33.4. The number of ether oxygens (including phenoxy) is 1. The van der Waals surface area contributed by atoms with Gasteiger partial charge < -0.3 is 15.0 Å². The van der Waals surface area contributed by atoms with Crippen LogP contribution in [0.1, 0.15) is 17.3 Å². The molecule has 1 aliphatic heterocycles. The number of morpholine rings is 1. The molecule has 1 atom stereocenters. The van der Waals surface area contributed by atoms with Crippen LogP contribution < -0.4 is 10.2 Å². The minimum absolute atomic E-state index is 0.0557. The number of halogens is 2. The van der Waals surface area contributed by atoms with E-state index in [9.17, 15) is 18.4 Å². The summed E-state index contributed by atoms with van der Waals surface area (Å²) in [6.45, 7) is 2.69. The fourth-order valence-corrected chi connectivity index (χ4v) is 2.31. The third kappa shape index (κ3) is 3.18. The number of nitrogens with one attached hydrogen (secondary N) is 1. The number of anilines is 1. The van der Waals surface area contributed by atoms with Crippen molar-refractivity contribution >= 4 is 17.9 Å². The summed E-state index contributed by atoms with van der Waals surface area (Å²) in [5.41, 5.74) is -0.392. The van der Waals surface area contributed by atoms with Crippen LogP contribution in [-0.2, 0) is 9.53 Å². The van der Waals surface area contributed by atoms with Crippen molar-refractivity contribution in [2.75, 3.05) is 31.2 Å². The highest BCUT2D eigenvalue weighted by Gasteiger charge is 2.32. The fourth-order valence-electron chi connectivity index (χ4n) is 2.31. The molecule has 1 amide bonds. The molecular weight excluding hydrogens is 282 g/mol. The Bertz CT molecular complexity index is 528. The number of hydrogen-bond acceptors (Lipinski definition) is 4. The number of hydrogen-bond donors (Lipinski definition) is 1. The third-order valence-electron chi connectivity index (χ3n) is 3.24. The van der Waals surface area contributed by atoms with Crippen molar-refractivity contribution in [2.24, 2.45) is 0 Å². The normalized spacial score (nSPS) is 18.4. The second-order valence-electron chi connectivity index (χ2n) is 4.63. The van der Waals surface area contributed by atoms with Gasteiger partial charge in [-0.15, -0.1) is 0 Å². The van der Waals surface area contributed by atoms with Gasteiger partial charge in [0.25, 0.3) is 0 Å². The van der Waals surface area contributed by atoms with Crippen LogP contribution in [0.2, 0.25) is 0 Å². The van der Waals surface area contributed by atoms with E-state index in [4.69, 9.17) is 4.74 Å². The summed E-state index contributed by atoms with van der Waals surface area (Å²) in [6, 6.07) is 1.11. The Hall–Kier alpha value is -2.02. The zero-order valence-corrected chi connectivity index (χ0v) is 11.6. The van der Waals surface area contributed by atoms with Gasteiger partial charge in [0.1, 0.15) is 29.6 Å². The summed E-state index contributed by atoms with van der Waals surface area (Å²) in [7, 11) is 0. The molecule has 1 aromatic carbocycles. The molecule has 1 unspecified atom stereocenters. The molecular formula is C14H16F2N2O3. The van der Waals surface area contributed by atoms with Gasteiger partial charge in [-0.05, 0) is 19.1 Å². The van der Waals surface area contributed by atoms with Crippen LogP contribution in [0.15, 0.2) is 12.1 Å². The minimum Gasteiger partial charge on any atom is -0.377 e. The van der Waals surface area contributed by atoms with Gasteiger partial charge in [0.05, 0.1) is 13.2 Å². The van der Waals surface area contributed by atoms with Crippen molar-refractivity contribution in [1.29, 1.82) is 0 Å². The summed E-state index contributed by atoms with van der Waals surface area (Å²) in [5.74, 6) is -2.09. The fraction of sp³-hybridized carbons (Fsp3) is 0.429.